The number of ketones is 1. The zero-order valence-corrected chi connectivity index (χ0v) is 13.6. The van der Waals surface area contributed by atoms with Crippen LogP contribution in [0.5, 0.6) is 0 Å². The van der Waals surface area contributed by atoms with E-state index in [0.29, 0.717) is 24.2 Å². The molecule has 1 aliphatic rings. The molecule has 1 N–H and O–H groups in total. The average molecular weight is 333 g/mol. The Kier molecular flexibility index (Phi) is 4.48. The van der Waals surface area contributed by atoms with E-state index in [1.165, 1.54) is 0 Å². The zero-order valence-electron chi connectivity index (χ0n) is 12.8. The van der Waals surface area contributed by atoms with Crippen LogP contribution in [0.4, 0.5) is 5.69 Å². The molecule has 0 radical (unpaired) electrons. The molecule has 1 aromatic carbocycles. The van der Waals surface area contributed by atoms with Crippen LogP contribution in [0, 0.1) is 6.92 Å². The number of amides is 1. The lowest BCUT2D eigenvalue weighted by Crippen LogP contribution is -2.15. The van der Waals surface area contributed by atoms with Crippen LogP contribution < -0.4 is 5.32 Å². The van der Waals surface area contributed by atoms with E-state index in [4.69, 9.17) is 16.1 Å². The minimum atomic E-state index is -0.134. The fourth-order valence-corrected chi connectivity index (χ4v) is 3.07. The van der Waals surface area contributed by atoms with E-state index in [2.05, 4.69) is 10.5 Å². The highest BCUT2D eigenvalue weighted by Gasteiger charge is 2.18. The number of carbonyl (C=O) groups excluding carboxylic acids is 2. The second kappa shape index (κ2) is 6.54. The summed E-state index contributed by atoms with van der Waals surface area (Å²) in [6.07, 6.45) is 3.13. The largest absolute Gasteiger partial charge is 0.344 e. The van der Waals surface area contributed by atoms with E-state index in [-0.39, 0.29) is 23.3 Å². The monoisotopic (exact) mass is 332 g/mol. The molecule has 0 saturated heterocycles. The third kappa shape index (κ3) is 3.45. The normalized spacial score (nSPS) is 13.7. The van der Waals surface area contributed by atoms with Gasteiger partial charge in [0.15, 0.2) is 5.78 Å². The summed E-state index contributed by atoms with van der Waals surface area (Å²) < 4.78 is 4.87. The highest BCUT2D eigenvalue weighted by atomic mass is 35.5. The van der Waals surface area contributed by atoms with Gasteiger partial charge < -0.3 is 9.84 Å². The predicted molar refractivity (Wildman–Crippen MR) is 86.9 cm³/mol. The lowest BCUT2D eigenvalue weighted by Gasteiger charge is -2.16. The molecule has 0 spiro atoms. The second-order valence-corrected chi connectivity index (χ2v) is 6.06. The number of hydrogen-bond donors (Lipinski definition) is 1. The fourth-order valence-electron chi connectivity index (χ4n) is 2.81. The Hall–Kier alpha value is -2.14. The number of nitrogens with one attached hydrogen (secondary N) is 1. The molecule has 1 aromatic heterocycles. The molecule has 23 heavy (non-hydrogen) atoms. The van der Waals surface area contributed by atoms with Crippen LogP contribution in [0.25, 0.3) is 0 Å². The quantitative estimate of drug-likeness (QED) is 0.926. The maximum absolute atomic E-state index is 12.1. The standard InChI is InChI=1S/C17H17ClN2O3/c1-10-13(17(18)23-20-10)7-8-16(22)19-12-6-5-11-3-2-4-15(21)14(11)9-12/h5-6,9H,2-4,7-8H2,1H3,(H,19,22). The summed E-state index contributed by atoms with van der Waals surface area (Å²) in [6, 6.07) is 5.53. The highest BCUT2D eigenvalue weighted by molar-refractivity contribution is 6.29. The number of aromatic nitrogens is 1. The van der Waals surface area contributed by atoms with Crippen molar-refractivity contribution in [3.8, 4) is 0 Å². The van der Waals surface area contributed by atoms with Crippen LogP contribution in [-0.4, -0.2) is 16.8 Å². The van der Waals surface area contributed by atoms with Gasteiger partial charge in [-0.15, -0.1) is 0 Å². The van der Waals surface area contributed by atoms with Crippen LogP contribution >= 0.6 is 11.6 Å². The summed E-state index contributed by atoms with van der Waals surface area (Å²) in [4.78, 5) is 24.0. The molecule has 1 heterocycles. The molecule has 5 nitrogen and oxygen atoms in total. The number of aryl methyl sites for hydroxylation is 2. The first-order valence-corrected chi connectivity index (χ1v) is 7.99. The van der Waals surface area contributed by atoms with Gasteiger partial charge in [-0.1, -0.05) is 11.2 Å². The van der Waals surface area contributed by atoms with Gasteiger partial charge in [0.05, 0.1) is 5.69 Å². The Morgan fingerprint density at radius 1 is 1.39 bits per heavy atom. The third-order valence-corrected chi connectivity index (χ3v) is 4.38. The number of halogens is 1. The van der Waals surface area contributed by atoms with Gasteiger partial charge in [-0.05, 0) is 55.5 Å². The highest BCUT2D eigenvalue weighted by Crippen LogP contribution is 2.25. The van der Waals surface area contributed by atoms with Crippen LogP contribution in [-0.2, 0) is 17.6 Å². The minimum absolute atomic E-state index is 0.134. The van der Waals surface area contributed by atoms with Gasteiger partial charge in [-0.25, -0.2) is 0 Å². The Morgan fingerprint density at radius 3 is 2.96 bits per heavy atom. The van der Waals surface area contributed by atoms with Gasteiger partial charge in [-0.2, -0.15) is 0 Å². The Labute approximate surface area is 139 Å². The zero-order chi connectivity index (χ0) is 16.4. The van der Waals surface area contributed by atoms with E-state index in [1.54, 1.807) is 13.0 Å². The van der Waals surface area contributed by atoms with Crippen molar-refractivity contribution in [2.45, 2.75) is 39.0 Å². The Balaban J connectivity index is 1.64. The number of hydrogen-bond acceptors (Lipinski definition) is 4. The van der Waals surface area contributed by atoms with Gasteiger partial charge >= 0.3 is 0 Å². The summed E-state index contributed by atoms with van der Waals surface area (Å²) in [5, 5.41) is 6.82. The van der Waals surface area contributed by atoms with Crippen LogP contribution in [0.2, 0.25) is 5.22 Å². The third-order valence-electron chi connectivity index (χ3n) is 4.08. The van der Waals surface area contributed by atoms with Crippen LogP contribution in [0.3, 0.4) is 0 Å². The first-order chi connectivity index (χ1) is 11.0. The number of anilines is 1. The van der Waals surface area contributed by atoms with E-state index in [1.807, 2.05) is 12.1 Å². The molecule has 6 heteroatoms. The summed E-state index contributed by atoms with van der Waals surface area (Å²) >= 11 is 5.89. The number of Topliss-reactive ketones (excluding diaryl/α,β-unsaturated/α-hetero) is 1. The van der Waals surface area contributed by atoms with Gasteiger partial charge in [0.25, 0.3) is 0 Å². The number of nitrogens with zero attached hydrogens (tertiary/aromatic N) is 1. The van der Waals surface area contributed by atoms with Crippen LogP contribution in [0.1, 0.15) is 46.4 Å². The molecule has 0 fully saturated rings. The van der Waals surface area contributed by atoms with Crippen molar-refractivity contribution in [2.75, 3.05) is 5.32 Å². The predicted octanol–water partition coefficient (Wildman–Crippen LogP) is 3.73. The first kappa shape index (κ1) is 15.7. The Bertz CT molecular complexity index is 748. The number of rotatable bonds is 4. The molecule has 1 aliphatic carbocycles. The lowest BCUT2D eigenvalue weighted by molar-refractivity contribution is -0.116. The molecular weight excluding hydrogens is 316 g/mol. The molecule has 0 bridgehead atoms. The lowest BCUT2D eigenvalue weighted by atomic mass is 9.90. The molecule has 0 saturated carbocycles. The molecule has 0 atom stereocenters. The molecular formula is C17H17ClN2O3. The van der Waals surface area contributed by atoms with Crippen molar-refractivity contribution in [3.05, 3.63) is 45.8 Å². The van der Waals surface area contributed by atoms with Gasteiger partial charge in [0.1, 0.15) is 0 Å². The van der Waals surface area contributed by atoms with Gasteiger partial charge in [0.2, 0.25) is 11.1 Å². The second-order valence-electron chi connectivity index (χ2n) is 5.72. The summed E-state index contributed by atoms with van der Waals surface area (Å²) in [5.74, 6) is 0.0131. The number of fused-ring (bicyclic) bond motifs is 1. The number of benzene rings is 1. The Morgan fingerprint density at radius 2 is 2.22 bits per heavy atom. The average Bonchev–Trinajstić information content (AvgIpc) is 2.85. The summed E-state index contributed by atoms with van der Waals surface area (Å²) in [7, 11) is 0. The van der Waals surface area contributed by atoms with Crippen molar-refractivity contribution in [2.24, 2.45) is 0 Å². The van der Waals surface area contributed by atoms with E-state index in [9.17, 15) is 9.59 Å². The summed E-state index contributed by atoms with van der Waals surface area (Å²) in [5.41, 5.74) is 3.89. The van der Waals surface area contributed by atoms with Crippen molar-refractivity contribution < 1.29 is 14.1 Å². The maximum atomic E-state index is 12.1. The minimum Gasteiger partial charge on any atom is -0.344 e. The first-order valence-electron chi connectivity index (χ1n) is 7.61. The summed E-state index contributed by atoms with van der Waals surface area (Å²) in [6.45, 7) is 1.79. The van der Waals surface area contributed by atoms with Gasteiger partial charge in [0, 0.05) is 29.7 Å². The van der Waals surface area contributed by atoms with Crippen molar-refractivity contribution in [1.29, 1.82) is 0 Å². The SMILES string of the molecule is Cc1noc(Cl)c1CCC(=O)Nc1ccc2c(c1)C(=O)CCC2. The van der Waals surface area contributed by atoms with E-state index >= 15 is 0 Å². The van der Waals surface area contributed by atoms with Crippen molar-refractivity contribution in [1.82, 2.24) is 5.16 Å². The molecule has 0 aliphatic heterocycles. The van der Waals surface area contributed by atoms with E-state index in [0.717, 1.165) is 29.5 Å². The molecule has 120 valence electrons. The molecule has 0 unspecified atom stereocenters. The molecule has 3 rings (SSSR count). The maximum Gasteiger partial charge on any atom is 0.229 e. The molecule has 1 amide bonds. The van der Waals surface area contributed by atoms with E-state index < -0.39 is 0 Å². The van der Waals surface area contributed by atoms with Crippen molar-refractivity contribution >= 4 is 29.0 Å². The van der Waals surface area contributed by atoms with Crippen molar-refractivity contribution in [3.63, 3.8) is 0 Å². The topological polar surface area (TPSA) is 72.2 Å². The fraction of sp³-hybridized carbons (Fsp3) is 0.353. The van der Waals surface area contributed by atoms with Gasteiger partial charge in [-0.3, -0.25) is 9.59 Å². The smallest absolute Gasteiger partial charge is 0.229 e. The number of carbonyl (C=O) groups is 2. The van der Waals surface area contributed by atoms with Crippen LogP contribution in [0.15, 0.2) is 22.7 Å². The molecule has 2 aromatic rings.